The maximum atomic E-state index is 12.9. The Bertz CT molecular complexity index is 323. The summed E-state index contributed by atoms with van der Waals surface area (Å²) >= 11 is 0. The predicted molar refractivity (Wildman–Crippen MR) is 48.9 cm³/mol. The second-order valence-electron chi connectivity index (χ2n) is 2.46. The molecule has 0 aliphatic carbocycles. The van der Waals surface area contributed by atoms with Crippen LogP contribution in [-0.2, 0) is 6.54 Å². The third-order valence-corrected chi connectivity index (χ3v) is 1.77. The molecule has 1 aromatic carbocycles. The lowest BCUT2D eigenvalue weighted by Gasteiger charge is -1.94. The molecular formula is C10H12FNO. The fraction of sp³-hybridized carbons (Fsp3) is 0.300. The van der Waals surface area contributed by atoms with Crippen LogP contribution in [0.3, 0.4) is 0 Å². The number of carbonyl (C=O) groups is 1. The van der Waals surface area contributed by atoms with E-state index in [1.54, 1.807) is 12.1 Å². The summed E-state index contributed by atoms with van der Waals surface area (Å²) in [6.07, 6.45) is 0. The van der Waals surface area contributed by atoms with Gasteiger partial charge in [0.05, 0.1) is 5.56 Å². The van der Waals surface area contributed by atoms with Crippen LogP contribution in [0.25, 0.3) is 0 Å². The van der Waals surface area contributed by atoms with Crippen molar-refractivity contribution in [3.8, 4) is 0 Å². The molecule has 2 rings (SSSR count). The van der Waals surface area contributed by atoms with Crippen LogP contribution in [0.2, 0.25) is 0 Å². The van der Waals surface area contributed by atoms with E-state index in [4.69, 9.17) is 0 Å². The van der Waals surface area contributed by atoms with Gasteiger partial charge in [0.2, 0.25) is 0 Å². The smallest absolute Gasteiger partial charge is 0.254 e. The zero-order valence-corrected chi connectivity index (χ0v) is 7.73. The molecule has 0 radical (unpaired) electrons. The zero-order chi connectivity index (χ0) is 9.84. The lowest BCUT2D eigenvalue weighted by molar-refractivity contribution is 0.0962. The largest absolute Gasteiger partial charge is 0.348 e. The first-order valence-corrected chi connectivity index (χ1v) is 4.34. The number of carbonyl (C=O) groups excluding carboxylic acids is 1. The highest BCUT2D eigenvalue weighted by molar-refractivity contribution is 5.98. The Balaban J connectivity index is 0.000000396. The molecule has 1 aliphatic rings. The molecule has 0 saturated carbocycles. The van der Waals surface area contributed by atoms with Crippen molar-refractivity contribution in [2.24, 2.45) is 0 Å². The van der Waals surface area contributed by atoms with E-state index in [-0.39, 0.29) is 11.5 Å². The van der Waals surface area contributed by atoms with Gasteiger partial charge in [-0.3, -0.25) is 4.79 Å². The number of hydrogen-bond donors (Lipinski definition) is 1. The average molecular weight is 181 g/mol. The van der Waals surface area contributed by atoms with E-state index in [0.717, 1.165) is 5.56 Å². The molecule has 0 saturated heterocycles. The minimum absolute atomic E-state index is 0.201. The average Bonchev–Trinajstić information content (AvgIpc) is 2.53. The summed E-state index contributed by atoms with van der Waals surface area (Å²) in [4.78, 5) is 10.9. The number of amides is 1. The summed E-state index contributed by atoms with van der Waals surface area (Å²) in [5.74, 6) is -0.740. The first-order valence-electron chi connectivity index (χ1n) is 4.34. The second kappa shape index (κ2) is 4.03. The van der Waals surface area contributed by atoms with Gasteiger partial charge in [-0.15, -0.1) is 0 Å². The minimum Gasteiger partial charge on any atom is -0.348 e. The van der Waals surface area contributed by atoms with Gasteiger partial charge in [-0.05, 0) is 11.6 Å². The molecule has 1 heterocycles. The second-order valence-corrected chi connectivity index (χ2v) is 2.46. The Morgan fingerprint density at radius 1 is 1.38 bits per heavy atom. The minimum atomic E-state index is -0.433. The molecule has 0 atom stereocenters. The van der Waals surface area contributed by atoms with Crippen molar-refractivity contribution >= 4 is 5.91 Å². The number of halogens is 1. The summed E-state index contributed by atoms with van der Waals surface area (Å²) < 4.78 is 12.9. The molecule has 1 amide bonds. The Morgan fingerprint density at radius 3 is 2.69 bits per heavy atom. The molecule has 70 valence electrons. The number of rotatable bonds is 0. The quantitative estimate of drug-likeness (QED) is 0.652. The number of hydrogen-bond acceptors (Lipinski definition) is 1. The van der Waals surface area contributed by atoms with E-state index in [1.165, 1.54) is 6.07 Å². The van der Waals surface area contributed by atoms with Crippen LogP contribution in [0.1, 0.15) is 29.8 Å². The fourth-order valence-corrected chi connectivity index (χ4v) is 1.23. The van der Waals surface area contributed by atoms with E-state index in [2.05, 4.69) is 5.32 Å². The Morgan fingerprint density at radius 2 is 2.08 bits per heavy atom. The highest BCUT2D eigenvalue weighted by atomic mass is 19.1. The molecule has 13 heavy (non-hydrogen) atoms. The monoisotopic (exact) mass is 181 g/mol. The zero-order valence-electron chi connectivity index (χ0n) is 7.73. The molecule has 0 unspecified atom stereocenters. The van der Waals surface area contributed by atoms with Crippen LogP contribution in [0.5, 0.6) is 0 Å². The van der Waals surface area contributed by atoms with Crippen LogP contribution < -0.4 is 5.32 Å². The Kier molecular flexibility index (Phi) is 3.01. The normalized spacial score (nSPS) is 12.7. The van der Waals surface area contributed by atoms with Gasteiger partial charge in [-0.1, -0.05) is 26.0 Å². The lowest BCUT2D eigenvalue weighted by Crippen LogP contribution is -2.13. The standard InChI is InChI=1S/C8H6FNO.C2H6/c9-6-3-1-2-5-4-10-8(11)7(5)6;1-2/h1-3H,4H2,(H,10,11);1-2H3. The van der Waals surface area contributed by atoms with Crippen molar-refractivity contribution in [2.75, 3.05) is 0 Å². The van der Waals surface area contributed by atoms with Crippen molar-refractivity contribution in [2.45, 2.75) is 20.4 Å². The Hall–Kier alpha value is -1.38. The van der Waals surface area contributed by atoms with E-state index in [1.807, 2.05) is 13.8 Å². The van der Waals surface area contributed by atoms with Gasteiger partial charge < -0.3 is 5.32 Å². The highest BCUT2D eigenvalue weighted by Crippen LogP contribution is 2.17. The van der Waals surface area contributed by atoms with Crippen molar-refractivity contribution < 1.29 is 9.18 Å². The number of benzene rings is 1. The van der Waals surface area contributed by atoms with E-state index in [9.17, 15) is 9.18 Å². The van der Waals surface area contributed by atoms with Gasteiger partial charge in [-0.2, -0.15) is 0 Å². The van der Waals surface area contributed by atoms with Crippen LogP contribution in [0, 0.1) is 5.82 Å². The van der Waals surface area contributed by atoms with Gasteiger partial charge in [0.15, 0.2) is 0 Å². The number of nitrogens with one attached hydrogen (secondary N) is 1. The van der Waals surface area contributed by atoms with E-state index >= 15 is 0 Å². The summed E-state index contributed by atoms with van der Waals surface area (Å²) in [6.45, 7) is 4.45. The summed E-state index contributed by atoms with van der Waals surface area (Å²) in [5.41, 5.74) is 0.947. The first kappa shape index (κ1) is 9.71. The molecule has 3 heteroatoms. The molecule has 0 aromatic heterocycles. The lowest BCUT2D eigenvalue weighted by atomic mass is 10.1. The van der Waals surface area contributed by atoms with Crippen LogP contribution in [0.15, 0.2) is 18.2 Å². The summed E-state index contributed by atoms with van der Waals surface area (Å²) in [6, 6.07) is 4.65. The predicted octanol–water partition coefficient (Wildman–Crippen LogP) is 2.10. The topological polar surface area (TPSA) is 29.1 Å². The van der Waals surface area contributed by atoms with Crippen molar-refractivity contribution in [3.05, 3.63) is 35.1 Å². The third kappa shape index (κ3) is 1.69. The van der Waals surface area contributed by atoms with Gasteiger partial charge in [0.1, 0.15) is 5.82 Å². The van der Waals surface area contributed by atoms with Gasteiger partial charge in [-0.25, -0.2) is 4.39 Å². The van der Waals surface area contributed by atoms with Crippen molar-refractivity contribution in [1.82, 2.24) is 5.32 Å². The number of fused-ring (bicyclic) bond motifs is 1. The highest BCUT2D eigenvalue weighted by Gasteiger charge is 2.21. The molecule has 0 spiro atoms. The summed E-state index contributed by atoms with van der Waals surface area (Å²) in [7, 11) is 0. The van der Waals surface area contributed by atoms with Gasteiger partial charge >= 0.3 is 0 Å². The van der Waals surface area contributed by atoms with Crippen LogP contribution in [0.4, 0.5) is 4.39 Å². The van der Waals surface area contributed by atoms with Crippen molar-refractivity contribution in [3.63, 3.8) is 0 Å². The van der Waals surface area contributed by atoms with Gasteiger partial charge in [0, 0.05) is 6.54 Å². The Labute approximate surface area is 76.8 Å². The maximum absolute atomic E-state index is 12.9. The van der Waals surface area contributed by atoms with E-state index < -0.39 is 5.82 Å². The fourth-order valence-electron chi connectivity index (χ4n) is 1.23. The molecule has 1 aromatic rings. The maximum Gasteiger partial charge on any atom is 0.254 e. The first-order chi connectivity index (χ1) is 6.29. The molecule has 1 N–H and O–H groups in total. The molecular weight excluding hydrogens is 169 g/mol. The van der Waals surface area contributed by atoms with Crippen LogP contribution in [-0.4, -0.2) is 5.91 Å². The summed E-state index contributed by atoms with van der Waals surface area (Å²) in [5, 5.41) is 2.55. The van der Waals surface area contributed by atoms with Crippen molar-refractivity contribution in [1.29, 1.82) is 0 Å². The van der Waals surface area contributed by atoms with Gasteiger partial charge in [0.25, 0.3) is 5.91 Å². The van der Waals surface area contributed by atoms with Crippen LogP contribution >= 0.6 is 0 Å². The molecule has 0 bridgehead atoms. The molecule has 2 nitrogen and oxygen atoms in total. The molecule has 0 fully saturated rings. The third-order valence-electron chi connectivity index (χ3n) is 1.77. The molecule has 1 aliphatic heterocycles. The van der Waals surface area contributed by atoms with E-state index in [0.29, 0.717) is 6.54 Å². The SMILES string of the molecule is CC.O=C1NCc2cccc(F)c21.